The molecule has 0 saturated carbocycles. The highest BCUT2D eigenvalue weighted by Crippen LogP contribution is 2.39. The summed E-state index contributed by atoms with van der Waals surface area (Å²) in [5, 5.41) is 0. The van der Waals surface area contributed by atoms with Crippen molar-refractivity contribution in [2.45, 2.75) is 26.2 Å². The number of terminal acetylenes is 1. The average Bonchev–Trinajstić information content (AvgIpc) is 2.74. The van der Waals surface area contributed by atoms with E-state index in [1.807, 2.05) is 19.1 Å². The SMILES string of the molecule is C#Cc1ccc(-c2ccc(OC(=O)CCCC)cc2OCOC)c(OCOC)c1. The van der Waals surface area contributed by atoms with E-state index in [0.717, 1.165) is 24.0 Å². The molecule has 0 bridgehead atoms. The highest BCUT2D eigenvalue weighted by molar-refractivity contribution is 5.78. The molecule has 0 aliphatic heterocycles. The summed E-state index contributed by atoms with van der Waals surface area (Å²) in [4.78, 5) is 12.0. The van der Waals surface area contributed by atoms with Crippen molar-refractivity contribution in [3.63, 3.8) is 0 Å². The van der Waals surface area contributed by atoms with Crippen molar-refractivity contribution in [3.05, 3.63) is 42.0 Å². The van der Waals surface area contributed by atoms with Crippen molar-refractivity contribution in [3.8, 4) is 40.7 Å². The molecule has 0 aromatic heterocycles. The first kappa shape index (κ1) is 22.3. The van der Waals surface area contributed by atoms with E-state index in [1.54, 1.807) is 31.4 Å². The molecule has 2 aromatic rings. The van der Waals surface area contributed by atoms with Gasteiger partial charge in [-0.1, -0.05) is 19.3 Å². The van der Waals surface area contributed by atoms with E-state index in [1.165, 1.54) is 7.11 Å². The van der Waals surface area contributed by atoms with Crippen LogP contribution < -0.4 is 14.2 Å². The zero-order valence-electron chi connectivity index (χ0n) is 17.0. The summed E-state index contributed by atoms with van der Waals surface area (Å²) in [5.41, 5.74) is 2.18. The zero-order chi connectivity index (χ0) is 21.1. The van der Waals surface area contributed by atoms with Crippen LogP contribution >= 0.6 is 0 Å². The predicted molar refractivity (Wildman–Crippen MR) is 110 cm³/mol. The molecular weight excluding hydrogens is 372 g/mol. The van der Waals surface area contributed by atoms with Gasteiger partial charge in [0.2, 0.25) is 0 Å². The molecule has 6 heteroatoms. The molecule has 6 nitrogen and oxygen atoms in total. The first-order valence-corrected chi connectivity index (χ1v) is 9.32. The van der Waals surface area contributed by atoms with E-state index < -0.39 is 0 Å². The third-order valence-corrected chi connectivity index (χ3v) is 4.02. The minimum Gasteiger partial charge on any atom is -0.467 e. The van der Waals surface area contributed by atoms with Crippen molar-refractivity contribution in [2.24, 2.45) is 0 Å². The second kappa shape index (κ2) is 11.7. The lowest BCUT2D eigenvalue weighted by Crippen LogP contribution is -2.08. The topological polar surface area (TPSA) is 63.2 Å². The normalized spacial score (nSPS) is 10.3. The van der Waals surface area contributed by atoms with Crippen LogP contribution in [0.3, 0.4) is 0 Å². The Morgan fingerprint density at radius 3 is 2.17 bits per heavy atom. The fourth-order valence-electron chi connectivity index (χ4n) is 2.61. The lowest BCUT2D eigenvalue weighted by atomic mass is 10.0. The highest BCUT2D eigenvalue weighted by Gasteiger charge is 2.15. The molecule has 0 saturated heterocycles. The standard InChI is InChI=1S/C23H26O6/c1-5-7-8-23(24)29-18-10-12-20(22(14-18)28-16-26-4)19-11-9-17(6-2)13-21(19)27-15-25-3/h2,9-14H,5,7-8,15-16H2,1,3-4H3. The van der Waals surface area contributed by atoms with E-state index in [0.29, 0.717) is 29.2 Å². The monoisotopic (exact) mass is 398 g/mol. The summed E-state index contributed by atoms with van der Waals surface area (Å²) in [6.07, 6.45) is 7.58. The molecule has 29 heavy (non-hydrogen) atoms. The van der Waals surface area contributed by atoms with E-state index in [9.17, 15) is 4.79 Å². The van der Waals surface area contributed by atoms with Gasteiger partial charge in [0.15, 0.2) is 13.6 Å². The largest absolute Gasteiger partial charge is 0.467 e. The molecule has 0 aliphatic carbocycles. The fraction of sp³-hybridized carbons (Fsp3) is 0.348. The Bertz CT molecular complexity index is 853. The Morgan fingerprint density at radius 1 is 0.966 bits per heavy atom. The Hall–Kier alpha value is -3.01. The number of hydrogen-bond donors (Lipinski definition) is 0. The van der Waals surface area contributed by atoms with Gasteiger partial charge in [-0.25, -0.2) is 0 Å². The van der Waals surface area contributed by atoms with Crippen molar-refractivity contribution >= 4 is 5.97 Å². The highest BCUT2D eigenvalue weighted by atomic mass is 16.7. The number of methoxy groups -OCH3 is 2. The summed E-state index contributed by atoms with van der Waals surface area (Å²) in [6.45, 7) is 2.13. The molecule has 0 radical (unpaired) electrons. The molecule has 0 amide bonds. The number of carbonyl (C=O) groups excluding carboxylic acids is 1. The quantitative estimate of drug-likeness (QED) is 0.242. The first-order chi connectivity index (χ1) is 14.1. The predicted octanol–water partition coefficient (Wildman–Crippen LogP) is 4.40. The molecule has 0 unspecified atom stereocenters. The maximum atomic E-state index is 12.0. The number of rotatable bonds is 11. The zero-order valence-corrected chi connectivity index (χ0v) is 17.0. The lowest BCUT2D eigenvalue weighted by molar-refractivity contribution is -0.134. The second-order valence-electron chi connectivity index (χ2n) is 6.19. The van der Waals surface area contributed by atoms with Gasteiger partial charge in [-0.3, -0.25) is 4.79 Å². The third kappa shape index (κ3) is 6.53. The number of unbranched alkanes of at least 4 members (excludes halogenated alkanes) is 1. The van der Waals surface area contributed by atoms with Crippen LogP contribution in [0.2, 0.25) is 0 Å². The molecule has 0 N–H and O–H groups in total. The number of esters is 1. The smallest absolute Gasteiger partial charge is 0.311 e. The summed E-state index contributed by atoms with van der Waals surface area (Å²) in [6, 6.07) is 10.6. The summed E-state index contributed by atoms with van der Waals surface area (Å²) < 4.78 is 26.9. The Morgan fingerprint density at radius 2 is 1.59 bits per heavy atom. The van der Waals surface area contributed by atoms with Crippen LogP contribution in [0.15, 0.2) is 36.4 Å². The first-order valence-electron chi connectivity index (χ1n) is 9.32. The van der Waals surface area contributed by atoms with Crippen molar-refractivity contribution in [1.29, 1.82) is 0 Å². The van der Waals surface area contributed by atoms with Crippen molar-refractivity contribution < 1.29 is 28.5 Å². The molecule has 0 fully saturated rings. The van der Waals surface area contributed by atoms with Crippen LogP contribution in [0, 0.1) is 12.3 Å². The third-order valence-electron chi connectivity index (χ3n) is 4.02. The van der Waals surface area contributed by atoms with Crippen LogP contribution in [0.1, 0.15) is 31.7 Å². The van der Waals surface area contributed by atoms with E-state index in [2.05, 4.69) is 5.92 Å². The van der Waals surface area contributed by atoms with Gasteiger partial charge in [0.25, 0.3) is 0 Å². The summed E-state index contributed by atoms with van der Waals surface area (Å²) in [7, 11) is 3.07. The number of ether oxygens (including phenoxy) is 5. The van der Waals surface area contributed by atoms with Crippen LogP contribution in [-0.2, 0) is 14.3 Å². The van der Waals surface area contributed by atoms with Crippen LogP contribution in [0.25, 0.3) is 11.1 Å². The Kier molecular flexibility index (Phi) is 9.03. The van der Waals surface area contributed by atoms with Crippen LogP contribution in [0.5, 0.6) is 17.2 Å². The minimum absolute atomic E-state index is 0.0386. The molecule has 2 rings (SSSR count). The van der Waals surface area contributed by atoms with Gasteiger partial charge in [0.1, 0.15) is 17.2 Å². The molecule has 0 atom stereocenters. The van der Waals surface area contributed by atoms with Crippen molar-refractivity contribution in [2.75, 3.05) is 27.8 Å². The maximum Gasteiger partial charge on any atom is 0.311 e. The molecule has 0 spiro atoms. The van der Waals surface area contributed by atoms with Gasteiger partial charge in [-0.15, -0.1) is 6.42 Å². The van der Waals surface area contributed by atoms with Gasteiger partial charge in [-0.2, -0.15) is 0 Å². The fourth-order valence-corrected chi connectivity index (χ4v) is 2.61. The van der Waals surface area contributed by atoms with Crippen LogP contribution in [0.4, 0.5) is 0 Å². The number of benzene rings is 2. The Labute approximate surface area is 171 Å². The molecule has 0 heterocycles. The number of hydrogen-bond acceptors (Lipinski definition) is 6. The van der Waals surface area contributed by atoms with E-state index in [4.69, 9.17) is 30.1 Å². The average molecular weight is 398 g/mol. The van der Waals surface area contributed by atoms with E-state index >= 15 is 0 Å². The van der Waals surface area contributed by atoms with Gasteiger partial charge in [0, 0.05) is 43.4 Å². The molecular formula is C23H26O6. The maximum absolute atomic E-state index is 12.0. The van der Waals surface area contributed by atoms with Gasteiger partial charge in [-0.05, 0) is 36.8 Å². The molecule has 2 aromatic carbocycles. The van der Waals surface area contributed by atoms with Crippen molar-refractivity contribution in [1.82, 2.24) is 0 Å². The van der Waals surface area contributed by atoms with E-state index in [-0.39, 0.29) is 19.6 Å². The second-order valence-corrected chi connectivity index (χ2v) is 6.19. The Balaban J connectivity index is 2.40. The molecule has 0 aliphatic rings. The minimum atomic E-state index is -0.278. The molecule has 154 valence electrons. The van der Waals surface area contributed by atoms with Gasteiger partial charge < -0.3 is 23.7 Å². The van der Waals surface area contributed by atoms with Gasteiger partial charge in [0.05, 0.1) is 0 Å². The summed E-state index contributed by atoms with van der Waals surface area (Å²) >= 11 is 0. The van der Waals surface area contributed by atoms with Crippen LogP contribution in [-0.4, -0.2) is 33.8 Å². The van der Waals surface area contributed by atoms with Gasteiger partial charge >= 0.3 is 5.97 Å². The summed E-state index contributed by atoms with van der Waals surface area (Å²) in [5.74, 6) is 3.76. The lowest BCUT2D eigenvalue weighted by Gasteiger charge is -2.16. The number of carbonyl (C=O) groups is 1.